The van der Waals surface area contributed by atoms with Gasteiger partial charge in [-0.15, -0.1) is 0 Å². The maximum absolute atomic E-state index is 12.8. The highest BCUT2D eigenvalue weighted by Gasteiger charge is 2.42. The van der Waals surface area contributed by atoms with Gasteiger partial charge in [-0.3, -0.25) is 9.59 Å². The summed E-state index contributed by atoms with van der Waals surface area (Å²) in [7, 11) is 0. The normalized spacial score (nSPS) is 29.2. The molecule has 2 saturated heterocycles. The summed E-state index contributed by atoms with van der Waals surface area (Å²) in [5.41, 5.74) is 1.41. The molecule has 1 saturated carbocycles. The lowest BCUT2D eigenvalue weighted by atomic mass is 9.85. The molecule has 1 unspecified atom stereocenters. The van der Waals surface area contributed by atoms with Crippen LogP contribution in [0.15, 0.2) is 24.3 Å². The number of carbonyl (C=O) groups excluding carboxylic acids is 2. The number of aliphatic hydroxyl groups is 1. The van der Waals surface area contributed by atoms with Crippen molar-refractivity contribution in [3.05, 3.63) is 29.8 Å². The minimum Gasteiger partial charge on any atom is -0.393 e. The van der Waals surface area contributed by atoms with Crippen LogP contribution in [0.25, 0.3) is 0 Å². The fraction of sp³-hybridized carbons (Fsp3) is 0.579. The minimum atomic E-state index is -0.268. The van der Waals surface area contributed by atoms with Gasteiger partial charge in [0.05, 0.1) is 6.10 Å². The fourth-order valence-corrected chi connectivity index (χ4v) is 4.24. The molecule has 24 heavy (non-hydrogen) atoms. The zero-order valence-electron chi connectivity index (χ0n) is 13.8. The zero-order chi connectivity index (χ0) is 16.7. The quantitative estimate of drug-likeness (QED) is 0.896. The van der Waals surface area contributed by atoms with Crippen molar-refractivity contribution in [1.82, 2.24) is 4.90 Å². The summed E-state index contributed by atoms with van der Waals surface area (Å²) in [6.07, 6.45) is 6.19. The Bertz CT molecular complexity index is 625. The van der Waals surface area contributed by atoms with Crippen LogP contribution < -0.4 is 5.32 Å². The topological polar surface area (TPSA) is 69.6 Å². The monoisotopic (exact) mass is 328 g/mol. The van der Waals surface area contributed by atoms with E-state index in [0.717, 1.165) is 37.8 Å². The summed E-state index contributed by atoms with van der Waals surface area (Å²) < 4.78 is 0. The number of nitrogens with zero attached hydrogens (tertiary/aromatic N) is 1. The van der Waals surface area contributed by atoms with Crippen LogP contribution >= 0.6 is 0 Å². The van der Waals surface area contributed by atoms with Gasteiger partial charge < -0.3 is 15.3 Å². The molecule has 0 spiro atoms. The number of amides is 2. The number of hydrogen-bond donors (Lipinski definition) is 2. The molecule has 1 aromatic rings. The molecule has 2 heterocycles. The maximum Gasteiger partial charge on any atom is 0.254 e. The van der Waals surface area contributed by atoms with E-state index in [-0.39, 0.29) is 35.9 Å². The highest BCUT2D eigenvalue weighted by molar-refractivity contribution is 5.97. The highest BCUT2D eigenvalue weighted by atomic mass is 16.3. The summed E-state index contributed by atoms with van der Waals surface area (Å²) in [6, 6.07) is 7.55. The van der Waals surface area contributed by atoms with Gasteiger partial charge in [0.1, 0.15) is 0 Å². The SMILES string of the molecule is O=C(Nc1ccc(C(=O)N2[C@@H]3CC[C@H]2CC(O)C3)cc1)C1CCC1. The Balaban J connectivity index is 1.43. The van der Waals surface area contributed by atoms with Gasteiger partial charge >= 0.3 is 0 Å². The molecule has 2 bridgehead atoms. The number of anilines is 1. The van der Waals surface area contributed by atoms with Gasteiger partial charge in [-0.05, 0) is 62.8 Å². The second kappa shape index (κ2) is 6.20. The standard InChI is InChI=1S/C19H24N2O3/c22-17-10-15-8-9-16(11-17)21(15)19(24)13-4-6-14(7-5-13)20-18(23)12-2-1-3-12/h4-7,12,15-17,22H,1-3,8-11H2,(H,20,23)/t15-,16+,17?. The molecule has 1 aliphatic carbocycles. The van der Waals surface area contributed by atoms with Gasteiger partial charge in [0, 0.05) is 29.3 Å². The van der Waals surface area contributed by atoms with Crippen molar-refractivity contribution >= 4 is 17.5 Å². The van der Waals surface area contributed by atoms with Gasteiger partial charge in [-0.1, -0.05) is 6.42 Å². The molecule has 2 N–H and O–H groups in total. The molecule has 0 radical (unpaired) electrons. The van der Waals surface area contributed by atoms with Crippen molar-refractivity contribution in [2.45, 2.75) is 63.1 Å². The van der Waals surface area contributed by atoms with Crippen molar-refractivity contribution in [1.29, 1.82) is 0 Å². The van der Waals surface area contributed by atoms with Crippen LogP contribution in [0.2, 0.25) is 0 Å². The number of rotatable bonds is 3. The third-order valence-corrected chi connectivity index (χ3v) is 5.82. The number of nitrogens with one attached hydrogen (secondary N) is 1. The molecule has 2 aliphatic heterocycles. The first-order valence-electron chi connectivity index (χ1n) is 9.03. The summed E-state index contributed by atoms with van der Waals surface area (Å²) in [5.74, 6) is 0.288. The largest absolute Gasteiger partial charge is 0.393 e. The molecule has 128 valence electrons. The van der Waals surface area contributed by atoms with Crippen molar-refractivity contribution in [3.63, 3.8) is 0 Å². The van der Waals surface area contributed by atoms with Crippen molar-refractivity contribution in [2.24, 2.45) is 5.92 Å². The lowest BCUT2D eigenvalue weighted by Crippen LogP contribution is -2.48. The second-order valence-electron chi connectivity index (χ2n) is 7.42. The number of carbonyl (C=O) groups is 2. The fourth-order valence-electron chi connectivity index (χ4n) is 4.24. The lowest BCUT2D eigenvalue weighted by Gasteiger charge is -2.37. The molecule has 1 aromatic carbocycles. The molecule has 3 atom stereocenters. The number of piperidine rings is 1. The van der Waals surface area contributed by atoms with Gasteiger partial charge in [-0.25, -0.2) is 0 Å². The molecule has 0 aromatic heterocycles. The Kier molecular flexibility index (Phi) is 4.04. The van der Waals surface area contributed by atoms with E-state index in [0.29, 0.717) is 18.4 Å². The van der Waals surface area contributed by atoms with E-state index in [9.17, 15) is 14.7 Å². The number of aliphatic hydroxyl groups excluding tert-OH is 1. The average Bonchev–Trinajstić information content (AvgIpc) is 2.77. The summed E-state index contributed by atoms with van der Waals surface area (Å²) >= 11 is 0. The Labute approximate surface area is 142 Å². The first-order valence-corrected chi connectivity index (χ1v) is 9.03. The molecular weight excluding hydrogens is 304 g/mol. The van der Waals surface area contributed by atoms with Gasteiger partial charge in [-0.2, -0.15) is 0 Å². The molecule has 3 fully saturated rings. The number of fused-ring (bicyclic) bond motifs is 2. The Hall–Kier alpha value is -1.88. The van der Waals surface area contributed by atoms with Crippen LogP contribution in [0.1, 0.15) is 55.3 Å². The van der Waals surface area contributed by atoms with Crippen molar-refractivity contribution in [3.8, 4) is 0 Å². The Morgan fingerprint density at radius 1 is 1.00 bits per heavy atom. The van der Waals surface area contributed by atoms with Crippen molar-refractivity contribution < 1.29 is 14.7 Å². The average molecular weight is 328 g/mol. The van der Waals surface area contributed by atoms with E-state index in [4.69, 9.17) is 0 Å². The Morgan fingerprint density at radius 2 is 1.62 bits per heavy atom. The van der Waals surface area contributed by atoms with E-state index in [1.807, 2.05) is 17.0 Å². The molecular formula is C19H24N2O3. The van der Waals surface area contributed by atoms with E-state index < -0.39 is 0 Å². The highest BCUT2D eigenvalue weighted by Crippen LogP contribution is 2.36. The van der Waals surface area contributed by atoms with E-state index in [1.165, 1.54) is 0 Å². The number of hydrogen-bond acceptors (Lipinski definition) is 3. The van der Waals surface area contributed by atoms with Crippen LogP contribution in [0.4, 0.5) is 5.69 Å². The van der Waals surface area contributed by atoms with Crippen molar-refractivity contribution in [2.75, 3.05) is 5.32 Å². The summed E-state index contributed by atoms with van der Waals surface area (Å²) in [4.78, 5) is 26.8. The molecule has 5 heteroatoms. The number of benzene rings is 1. The predicted octanol–water partition coefficient (Wildman–Crippen LogP) is 2.55. The zero-order valence-corrected chi connectivity index (χ0v) is 13.8. The van der Waals surface area contributed by atoms with Crippen LogP contribution in [-0.2, 0) is 4.79 Å². The molecule has 4 rings (SSSR count). The van der Waals surface area contributed by atoms with E-state index in [2.05, 4.69) is 5.32 Å². The molecule has 3 aliphatic rings. The van der Waals surface area contributed by atoms with Gasteiger partial charge in [0.15, 0.2) is 0 Å². The second-order valence-corrected chi connectivity index (χ2v) is 7.42. The lowest BCUT2D eigenvalue weighted by molar-refractivity contribution is -0.122. The van der Waals surface area contributed by atoms with Gasteiger partial charge in [0.2, 0.25) is 5.91 Å². The third-order valence-electron chi connectivity index (χ3n) is 5.82. The summed E-state index contributed by atoms with van der Waals surface area (Å²) in [5, 5.41) is 12.8. The van der Waals surface area contributed by atoms with Crippen LogP contribution in [0.5, 0.6) is 0 Å². The summed E-state index contributed by atoms with van der Waals surface area (Å²) in [6.45, 7) is 0. The van der Waals surface area contributed by atoms with Crippen LogP contribution in [0, 0.1) is 5.92 Å². The van der Waals surface area contributed by atoms with Gasteiger partial charge in [0.25, 0.3) is 5.91 Å². The molecule has 2 amide bonds. The Morgan fingerprint density at radius 3 is 2.17 bits per heavy atom. The first-order chi connectivity index (χ1) is 11.6. The van der Waals surface area contributed by atoms with Crippen LogP contribution in [-0.4, -0.2) is 40.0 Å². The molecule has 5 nitrogen and oxygen atoms in total. The maximum atomic E-state index is 12.8. The van der Waals surface area contributed by atoms with E-state index >= 15 is 0 Å². The minimum absolute atomic E-state index is 0.0475. The third kappa shape index (κ3) is 2.81. The smallest absolute Gasteiger partial charge is 0.254 e. The van der Waals surface area contributed by atoms with E-state index in [1.54, 1.807) is 12.1 Å². The van der Waals surface area contributed by atoms with Crippen LogP contribution in [0.3, 0.4) is 0 Å². The first kappa shape index (κ1) is 15.6. The predicted molar refractivity (Wildman–Crippen MR) is 90.6 cm³/mol.